The van der Waals surface area contributed by atoms with Gasteiger partial charge >= 0.3 is 0 Å². The molecule has 0 saturated heterocycles. The van der Waals surface area contributed by atoms with Crippen LogP contribution in [-0.4, -0.2) is 13.7 Å². The smallest absolute Gasteiger partial charge is 0.213 e. The normalized spacial score (nSPS) is 11.9. The molecule has 4 aromatic heterocycles. The van der Waals surface area contributed by atoms with Gasteiger partial charge in [0.1, 0.15) is 5.58 Å². The second kappa shape index (κ2) is 14.3. The number of benzene rings is 10. The average molecular weight is 842 g/mol. The van der Waals surface area contributed by atoms with E-state index in [0.717, 1.165) is 61.3 Å². The summed E-state index contributed by atoms with van der Waals surface area (Å²) < 4.78 is 14.0. The van der Waals surface area contributed by atoms with E-state index in [9.17, 15) is 0 Å². The summed E-state index contributed by atoms with van der Waals surface area (Å²) in [6.45, 7) is 0. The zero-order valence-corrected chi connectivity index (χ0v) is 35.8. The molecule has 308 valence electrons. The van der Waals surface area contributed by atoms with Crippen LogP contribution in [0.3, 0.4) is 0 Å². The molecule has 4 heteroatoms. The number of para-hydroxylation sites is 5. The highest BCUT2D eigenvalue weighted by molar-refractivity contribution is 6.22. The van der Waals surface area contributed by atoms with Gasteiger partial charge in [0.2, 0.25) is 5.71 Å². The maximum absolute atomic E-state index is 6.94. The molecule has 10 aromatic carbocycles. The lowest BCUT2D eigenvalue weighted by Crippen LogP contribution is -1.94. The molecule has 0 saturated carbocycles. The van der Waals surface area contributed by atoms with Crippen molar-refractivity contribution in [1.82, 2.24) is 13.7 Å². The van der Waals surface area contributed by atoms with Crippen molar-refractivity contribution in [2.75, 3.05) is 0 Å². The minimum atomic E-state index is 0.861. The fraction of sp³-hybridized carbons (Fsp3) is 0. The second-order valence-electron chi connectivity index (χ2n) is 17.3. The first-order valence-corrected chi connectivity index (χ1v) is 22.6. The first-order valence-electron chi connectivity index (χ1n) is 22.6. The Balaban J connectivity index is 0.917. The van der Waals surface area contributed by atoms with Crippen molar-refractivity contribution in [2.24, 2.45) is 0 Å². The monoisotopic (exact) mass is 841 g/mol. The van der Waals surface area contributed by atoms with Crippen LogP contribution in [0.2, 0.25) is 0 Å². The summed E-state index contributed by atoms with van der Waals surface area (Å²) in [5, 5.41) is 8.37. The summed E-state index contributed by atoms with van der Waals surface area (Å²) in [7, 11) is 0. The second-order valence-corrected chi connectivity index (χ2v) is 17.3. The molecule has 0 radical (unpaired) electrons. The molecular weight excluding hydrogens is 803 g/mol. The van der Waals surface area contributed by atoms with Gasteiger partial charge in [0.25, 0.3) is 0 Å². The zero-order chi connectivity index (χ0) is 43.3. The molecule has 0 fully saturated rings. The molecule has 0 spiro atoms. The number of nitrogens with zero attached hydrogens (tertiary/aromatic N) is 3. The van der Waals surface area contributed by atoms with Crippen molar-refractivity contribution in [3.05, 3.63) is 237 Å². The summed E-state index contributed by atoms with van der Waals surface area (Å²) in [5.41, 5.74) is 17.9. The average Bonchev–Trinajstić information content (AvgIpc) is 4.12. The van der Waals surface area contributed by atoms with Crippen LogP contribution in [0.15, 0.2) is 241 Å². The van der Waals surface area contributed by atoms with Crippen LogP contribution in [0, 0.1) is 0 Å². The summed E-state index contributed by atoms with van der Waals surface area (Å²) in [5.74, 6) is 0. The lowest BCUT2D eigenvalue weighted by Gasteiger charge is -2.11. The number of fused-ring (bicyclic) bond motifs is 11. The van der Waals surface area contributed by atoms with Crippen LogP contribution >= 0.6 is 0 Å². The van der Waals surface area contributed by atoms with Gasteiger partial charge in [-0.25, -0.2) is 0 Å². The van der Waals surface area contributed by atoms with Crippen LogP contribution in [0.25, 0.3) is 127 Å². The Morgan fingerprint density at radius 1 is 0.258 bits per heavy atom. The Labute approximate surface area is 380 Å². The van der Waals surface area contributed by atoms with Gasteiger partial charge in [-0.15, -0.1) is 0 Å². The van der Waals surface area contributed by atoms with Gasteiger partial charge in [-0.1, -0.05) is 152 Å². The third-order valence-corrected chi connectivity index (χ3v) is 13.7. The Morgan fingerprint density at radius 3 is 1.29 bits per heavy atom. The highest BCUT2D eigenvalue weighted by Crippen LogP contribution is 2.44. The van der Waals surface area contributed by atoms with E-state index >= 15 is 0 Å². The first kappa shape index (κ1) is 36.6. The molecule has 0 aliphatic heterocycles. The quantitative estimate of drug-likeness (QED) is 0.164. The van der Waals surface area contributed by atoms with Crippen molar-refractivity contribution < 1.29 is 4.42 Å². The van der Waals surface area contributed by atoms with Gasteiger partial charge in [-0.2, -0.15) is 0 Å². The van der Waals surface area contributed by atoms with E-state index in [1.807, 2.05) is 0 Å². The SMILES string of the molecule is c1ccc(-c2ccc3c(c2)c2cc(-c4ccc5c(c4)c4ccccc4n5-c4ccccc4)ccc2n3-c2ccc(-c3cccc4c3oc3c4c4ccccc4n3-c3ccccc3)cc2)cc1. The standard InChI is InChI=1S/C62H39N3O/c1-4-15-40(16-5-1)42-29-34-58-53(37-42)54-39-44(43-30-35-57-52(38-43)49-21-10-12-25-55(49)63(57)45-17-6-2-7-18-45)31-36-59(54)64(58)47-32-27-41(28-33-47)48-23-14-24-51-60-50-22-11-13-26-56(50)65(62(60)66-61(48)51)46-19-8-3-9-20-46/h1-39H. The number of aromatic nitrogens is 3. The lowest BCUT2D eigenvalue weighted by molar-refractivity contribution is 0.646. The molecule has 14 rings (SSSR count). The first-order chi connectivity index (χ1) is 32.7. The largest absolute Gasteiger partial charge is 0.438 e. The van der Waals surface area contributed by atoms with E-state index in [4.69, 9.17) is 4.42 Å². The minimum Gasteiger partial charge on any atom is -0.438 e. The molecule has 0 aliphatic carbocycles. The third-order valence-electron chi connectivity index (χ3n) is 13.7. The van der Waals surface area contributed by atoms with Crippen molar-refractivity contribution in [3.8, 4) is 50.4 Å². The van der Waals surface area contributed by atoms with Gasteiger partial charge in [-0.05, 0) is 113 Å². The van der Waals surface area contributed by atoms with Crippen molar-refractivity contribution in [3.63, 3.8) is 0 Å². The van der Waals surface area contributed by atoms with Crippen LogP contribution in [0.1, 0.15) is 0 Å². The summed E-state index contributed by atoms with van der Waals surface area (Å²) in [4.78, 5) is 0. The molecule has 14 aromatic rings. The van der Waals surface area contributed by atoms with E-state index in [0.29, 0.717) is 0 Å². The zero-order valence-electron chi connectivity index (χ0n) is 35.8. The molecule has 0 bridgehead atoms. The van der Waals surface area contributed by atoms with E-state index in [-0.39, 0.29) is 0 Å². The highest BCUT2D eigenvalue weighted by Gasteiger charge is 2.22. The lowest BCUT2D eigenvalue weighted by atomic mass is 9.99. The Kier molecular flexibility index (Phi) is 7.95. The third kappa shape index (κ3) is 5.45. The molecule has 0 aliphatic rings. The van der Waals surface area contributed by atoms with Crippen molar-refractivity contribution in [1.29, 1.82) is 0 Å². The number of furan rings is 1. The maximum atomic E-state index is 6.94. The Bertz CT molecular complexity index is 4190. The number of rotatable bonds is 6. The Hall–Kier alpha value is -8.86. The maximum Gasteiger partial charge on any atom is 0.213 e. The van der Waals surface area contributed by atoms with E-state index < -0.39 is 0 Å². The van der Waals surface area contributed by atoms with Gasteiger partial charge in [0.05, 0.1) is 33.0 Å². The molecule has 0 unspecified atom stereocenters. The summed E-state index contributed by atoms with van der Waals surface area (Å²) >= 11 is 0. The van der Waals surface area contributed by atoms with Crippen molar-refractivity contribution >= 4 is 76.6 Å². The highest BCUT2D eigenvalue weighted by atomic mass is 16.3. The number of hydrogen-bond acceptors (Lipinski definition) is 1. The fourth-order valence-electron chi connectivity index (χ4n) is 10.7. The molecule has 4 heterocycles. The summed E-state index contributed by atoms with van der Waals surface area (Å²) in [6.07, 6.45) is 0. The van der Waals surface area contributed by atoms with E-state index in [1.54, 1.807) is 0 Å². The van der Waals surface area contributed by atoms with E-state index in [2.05, 4.69) is 250 Å². The fourth-order valence-corrected chi connectivity index (χ4v) is 10.7. The van der Waals surface area contributed by atoms with Crippen LogP contribution in [0.4, 0.5) is 0 Å². The molecular formula is C62H39N3O. The van der Waals surface area contributed by atoms with Gasteiger partial charge < -0.3 is 13.6 Å². The van der Waals surface area contributed by atoms with Crippen molar-refractivity contribution in [2.45, 2.75) is 0 Å². The molecule has 0 N–H and O–H groups in total. The van der Waals surface area contributed by atoms with Gasteiger partial charge in [0, 0.05) is 54.9 Å². The predicted octanol–water partition coefficient (Wildman–Crippen LogP) is 16.7. The van der Waals surface area contributed by atoms with E-state index in [1.165, 1.54) is 65.7 Å². The van der Waals surface area contributed by atoms with Crippen LogP contribution in [0.5, 0.6) is 0 Å². The van der Waals surface area contributed by atoms with Gasteiger partial charge in [-0.3, -0.25) is 4.57 Å². The number of hydrogen-bond donors (Lipinski definition) is 0. The molecule has 0 atom stereocenters. The summed E-state index contributed by atoms with van der Waals surface area (Å²) in [6, 6.07) is 85.5. The minimum absolute atomic E-state index is 0.861. The topological polar surface area (TPSA) is 27.9 Å². The predicted molar refractivity (Wildman–Crippen MR) is 276 cm³/mol. The van der Waals surface area contributed by atoms with Gasteiger partial charge in [0.15, 0.2) is 0 Å². The molecule has 4 nitrogen and oxygen atoms in total. The molecule has 0 amide bonds. The van der Waals surface area contributed by atoms with Crippen LogP contribution in [-0.2, 0) is 0 Å². The van der Waals surface area contributed by atoms with Crippen LogP contribution < -0.4 is 0 Å². The molecule has 66 heavy (non-hydrogen) atoms. The Morgan fingerprint density at radius 2 is 0.682 bits per heavy atom.